The molecule has 3 aliphatic rings. The maximum Gasteiger partial charge on any atom is 0.331 e. The summed E-state index contributed by atoms with van der Waals surface area (Å²) in [5, 5.41) is 126. The zero-order chi connectivity index (χ0) is 46.1. The fourth-order valence-electron chi connectivity index (χ4n) is 7.30. The molecule has 22 heteroatoms. The summed E-state index contributed by atoms with van der Waals surface area (Å²) in [6, 6.07) is 12.8. The zero-order valence-electron chi connectivity index (χ0n) is 33.5. The van der Waals surface area contributed by atoms with E-state index in [4.69, 9.17) is 37.6 Å². The zero-order valence-corrected chi connectivity index (χ0v) is 33.5. The Hall–Kier alpha value is -5.44. The van der Waals surface area contributed by atoms with Gasteiger partial charge >= 0.3 is 5.97 Å². The van der Waals surface area contributed by atoms with Crippen LogP contribution in [0.5, 0.6) is 28.7 Å². The number of phenolic OH excluding ortho intramolecular Hbond substituents is 4. The van der Waals surface area contributed by atoms with E-state index in [1.807, 2.05) is 0 Å². The van der Waals surface area contributed by atoms with Gasteiger partial charge in [0.25, 0.3) is 0 Å². The number of aliphatic hydroxyl groups excluding tert-OH is 8. The maximum atomic E-state index is 14.2. The summed E-state index contributed by atoms with van der Waals surface area (Å²) in [6.45, 7) is -0.196. The topological polar surface area (TPSA) is 355 Å². The van der Waals surface area contributed by atoms with Crippen molar-refractivity contribution < 1.29 is 104 Å². The molecular weight excluding hydrogens is 856 g/mol. The fraction of sp³-hybridized carbons (Fsp3) is 0.429. The molecule has 12 N–H and O–H groups in total. The quantitative estimate of drug-likeness (QED) is 0.0563. The third-order valence-electron chi connectivity index (χ3n) is 10.8. The minimum Gasteiger partial charge on any atom is -0.508 e. The normalized spacial score (nSPS) is 33.3. The second-order valence-corrected chi connectivity index (χ2v) is 15.3. The molecule has 3 saturated heterocycles. The van der Waals surface area contributed by atoms with Gasteiger partial charge in [-0.3, -0.25) is 4.79 Å². The molecular formula is C42H46O22. The van der Waals surface area contributed by atoms with Crippen LogP contribution in [-0.2, 0) is 33.2 Å². The molecule has 3 aromatic carbocycles. The van der Waals surface area contributed by atoms with Crippen molar-refractivity contribution in [2.24, 2.45) is 0 Å². The van der Waals surface area contributed by atoms with Gasteiger partial charge in [-0.1, -0.05) is 12.1 Å². The lowest BCUT2D eigenvalue weighted by atomic mass is 9.97. The molecule has 346 valence electrons. The Bertz CT molecular complexity index is 2330. The summed E-state index contributed by atoms with van der Waals surface area (Å²) in [5.74, 6) is -3.56. The van der Waals surface area contributed by atoms with Gasteiger partial charge in [0.15, 0.2) is 24.4 Å². The molecule has 1 aromatic heterocycles. The van der Waals surface area contributed by atoms with Crippen LogP contribution in [-0.4, -0.2) is 173 Å². The number of rotatable bonds is 12. The van der Waals surface area contributed by atoms with Crippen LogP contribution >= 0.6 is 0 Å². The highest BCUT2D eigenvalue weighted by molar-refractivity contribution is 5.88. The lowest BCUT2D eigenvalue weighted by Gasteiger charge is -2.46. The molecule has 15 atom stereocenters. The van der Waals surface area contributed by atoms with Crippen LogP contribution in [0.2, 0.25) is 0 Å². The lowest BCUT2D eigenvalue weighted by Crippen LogP contribution is -2.64. The van der Waals surface area contributed by atoms with Crippen LogP contribution in [0.1, 0.15) is 12.5 Å². The summed E-state index contributed by atoms with van der Waals surface area (Å²) in [7, 11) is 0. The van der Waals surface area contributed by atoms with E-state index in [9.17, 15) is 70.9 Å². The van der Waals surface area contributed by atoms with Gasteiger partial charge in [0, 0.05) is 23.8 Å². The first-order chi connectivity index (χ1) is 30.4. The number of hydrogen-bond donors (Lipinski definition) is 12. The number of benzene rings is 3. The van der Waals surface area contributed by atoms with Gasteiger partial charge in [-0.15, -0.1) is 0 Å². The van der Waals surface area contributed by atoms with E-state index in [0.29, 0.717) is 5.56 Å². The van der Waals surface area contributed by atoms with Crippen molar-refractivity contribution in [1.29, 1.82) is 0 Å². The molecule has 7 rings (SSSR count). The highest BCUT2D eigenvalue weighted by Crippen LogP contribution is 2.38. The van der Waals surface area contributed by atoms with Crippen LogP contribution in [0.15, 0.2) is 76.0 Å². The molecule has 64 heavy (non-hydrogen) atoms. The molecule has 3 aliphatic heterocycles. The maximum absolute atomic E-state index is 14.2. The number of fused-ring (bicyclic) bond motifs is 1. The number of phenols is 4. The smallest absolute Gasteiger partial charge is 0.331 e. The molecule has 22 nitrogen and oxygen atoms in total. The summed E-state index contributed by atoms with van der Waals surface area (Å²) < 4.78 is 46.0. The summed E-state index contributed by atoms with van der Waals surface area (Å²) >= 11 is 0. The molecule has 0 saturated carbocycles. The van der Waals surface area contributed by atoms with Crippen molar-refractivity contribution in [1.82, 2.24) is 0 Å². The van der Waals surface area contributed by atoms with Crippen molar-refractivity contribution in [2.75, 3.05) is 13.2 Å². The highest BCUT2D eigenvalue weighted by atomic mass is 16.8. The molecule has 15 unspecified atom stereocenters. The van der Waals surface area contributed by atoms with Gasteiger partial charge in [-0.25, -0.2) is 4.79 Å². The van der Waals surface area contributed by atoms with E-state index < -0.39 is 139 Å². The Morgan fingerprint density at radius 2 is 1.33 bits per heavy atom. The second-order valence-electron chi connectivity index (χ2n) is 15.3. The van der Waals surface area contributed by atoms with Gasteiger partial charge in [-0.2, -0.15) is 0 Å². The predicted molar refractivity (Wildman–Crippen MR) is 212 cm³/mol. The molecule has 0 amide bonds. The summed E-state index contributed by atoms with van der Waals surface area (Å²) in [5.41, 5.74) is -0.789. The Morgan fingerprint density at radius 1 is 0.688 bits per heavy atom. The minimum absolute atomic E-state index is 0.0393. The van der Waals surface area contributed by atoms with Gasteiger partial charge in [0.2, 0.25) is 17.5 Å². The predicted octanol–water partition coefficient (Wildman–Crippen LogP) is -1.60. The van der Waals surface area contributed by atoms with Crippen molar-refractivity contribution in [2.45, 2.75) is 99.0 Å². The van der Waals surface area contributed by atoms with Gasteiger partial charge in [0.1, 0.15) is 95.0 Å². The van der Waals surface area contributed by atoms with E-state index in [2.05, 4.69) is 0 Å². The van der Waals surface area contributed by atoms with Crippen molar-refractivity contribution in [3.8, 4) is 40.1 Å². The molecule has 4 heterocycles. The minimum atomic E-state index is -2.08. The van der Waals surface area contributed by atoms with Gasteiger partial charge in [0.05, 0.1) is 19.3 Å². The first-order valence-corrected chi connectivity index (χ1v) is 19.7. The van der Waals surface area contributed by atoms with Crippen LogP contribution in [0, 0.1) is 0 Å². The number of esters is 1. The number of ether oxygens (including phenoxy) is 7. The standard InChI is InChI=1S/C42H46O22/c1-16-28(49)37(63-41-34(55)32(53)29(50)24(14-43)60-41)35(56)40(58-16)57-15-25-30(51)33(54)39(62-26(48)11-4-17-2-7-19(44)8-3-17)42(61-25)64-38-31(52)27-22(47)12-21(46)13-23(27)59-36(38)18-5-9-20(45)10-6-18/h2-13,16,24-25,28-30,32-35,37,39-47,49-51,53-56H,14-15H2,1H3/b11-4+. The Labute approximate surface area is 361 Å². The number of hydrogen-bond acceptors (Lipinski definition) is 22. The van der Waals surface area contributed by atoms with Crippen LogP contribution < -0.4 is 10.2 Å². The van der Waals surface area contributed by atoms with Crippen LogP contribution in [0.25, 0.3) is 28.4 Å². The third kappa shape index (κ3) is 9.64. The fourth-order valence-corrected chi connectivity index (χ4v) is 7.30. The Morgan fingerprint density at radius 3 is 2.00 bits per heavy atom. The molecule has 0 spiro atoms. The van der Waals surface area contributed by atoms with Crippen LogP contribution in [0.3, 0.4) is 0 Å². The number of aromatic hydroxyl groups is 4. The van der Waals surface area contributed by atoms with Gasteiger partial charge < -0.3 is 98.9 Å². The molecule has 0 aliphatic carbocycles. The third-order valence-corrected chi connectivity index (χ3v) is 10.8. The second kappa shape index (κ2) is 19.3. The Kier molecular flexibility index (Phi) is 14.1. The number of aliphatic hydroxyl groups is 8. The first-order valence-electron chi connectivity index (χ1n) is 19.7. The number of carbonyl (C=O) groups excluding carboxylic acids is 1. The largest absolute Gasteiger partial charge is 0.508 e. The van der Waals surface area contributed by atoms with E-state index >= 15 is 0 Å². The number of carbonyl (C=O) groups is 1. The Balaban J connectivity index is 1.18. The average Bonchev–Trinajstić information content (AvgIpc) is 3.26. The monoisotopic (exact) mass is 902 g/mol. The average molecular weight is 903 g/mol. The van der Waals surface area contributed by atoms with Gasteiger partial charge in [-0.05, 0) is 55.0 Å². The molecule has 0 bridgehead atoms. The molecule has 3 fully saturated rings. The summed E-state index contributed by atoms with van der Waals surface area (Å²) in [4.78, 5) is 27.4. The SMILES string of the molecule is CC1OC(OCC2OC(Oc3c(-c4ccc(O)cc4)oc4cc(O)cc(O)c4c3=O)C(OC(=O)/C=C/c3ccc(O)cc3)C(O)C2O)C(O)C(OC2OC(CO)C(O)C(O)C2O)C1O. The van der Waals surface area contributed by atoms with Crippen molar-refractivity contribution >= 4 is 23.0 Å². The van der Waals surface area contributed by atoms with Crippen LogP contribution in [0.4, 0.5) is 0 Å². The van der Waals surface area contributed by atoms with E-state index in [0.717, 1.165) is 18.2 Å². The highest BCUT2D eigenvalue weighted by Gasteiger charge is 2.52. The lowest BCUT2D eigenvalue weighted by molar-refractivity contribution is -0.361. The van der Waals surface area contributed by atoms with Crippen molar-refractivity contribution in [3.05, 3.63) is 82.5 Å². The molecule has 4 aromatic rings. The first kappa shape index (κ1) is 46.5. The van der Waals surface area contributed by atoms with E-state index in [1.165, 1.54) is 61.5 Å². The molecule has 0 radical (unpaired) electrons. The van der Waals surface area contributed by atoms with E-state index in [1.54, 1.807) is 0 Å². The summed E-state index contributed by atoms with van der Waals surface area (Å²) in [6.07, 6.45) is -24.1. The van der Waals surface area contributed by atoms with Crippen molar-refractivity contribution in [3.63, 3.8) is 0 Å². The van der Waals surface area contributed by atoms with E-state index in [-0.39, 0.29) is 28.4 Å².